The van der Waals surface area contributed by atoms with Gasteiger partial charge in [0.05, 0.1) is 18.6 Å². The number of aliphatic imine (C=N–C) groups is 1. The summed E-state index contributed by atoms with van der Waals surface area (Å²) in [5.41, 5.74) is 3.17. The van der Waals surface area contributed by atoms with Gasteiger partial charge in [-0.2, -0.15) is 0 Å². The molecule has 6 nitrogen and oxygen atoms in total. The Balaban J connectivity index is 1.82. The van der Waals surface area contributed by atoms with Crippen LogP contribution in [0.3, 0.4) is 0 Å². The predicted octanol–water partition coefficient (Wildman–Crippen LogP) is 3.11. The Morgan fingerprint density at radius 2 is 1.87 bits per heavy atom. The van der Waals surface area contributed by atoms with Crippen LogP contribution in [0, 0.1) is 6.92 Å². The van der Waals surface area contributed by atoms with Gasteiger partial charge >= 0.3 is 0 Å². The predicted molar refractivity (Wildman–Crippen MR) is 124 cm³/mol. The van der Waals surface area contributed by atoms with Crippen LogP contribution >= 0.6 is 0 Å². The number of sulfone groups is 1. The van der Waals surface area contributed by atoms with E-state index in [2.05, 4.69) is 28.6 Å². The molecule has 2 aromatic carbocycles. The average Bonchev–Trinajstić information content (AvgIpc) is 2.72. The minimum atomic E-state index is -3.13. The highest BCUT2D eigenvalue weighted by Crippen LogP contribution is 2.19. The second-order valence-corrected chi connectivity index (χ2v) is 9.37. The molecule has 0 saturated heterocycles. The number of guanidine groups is 1. The number of ether oxygens (including phenoxy) is 1. The van der Waals surface area contributed by atoms with Gasteiger partial charge in [0.1, 0.15) is 5.75 Å². The van der Waals surface area contributed by atoms with Crippen LogP contribution in [0.1, 0.15) is 30.0 Å². The van der Waals surface area contributed by atoms with E-state index >= 15 is 0 Å². The second-order valence-electron chi connectivity index (χ2n) is 7.18. The van der Waals surface area contributed by atoms with Crippen molar-refractivity contribution in [2.24, 2.45) is 4.99 Å². The standard InChI is InChI=1S/C23H33N3O3S/c1-4-24-23(26-15-13-21-17-19(2)11-12-22(21)29-3)25-14-8-16-30(27,28)18-20-9-6-5-7-10-20/h5-7,9-12,17H,4,8,13-16,18H2,1-3H3,(H2,24,25,26). The first-order valence-corrected chi connectivity index (χ1v) is 12.2. The van der Waals surface area contributed by atoms with Crippen LogP contribution in [0.2, 0.25) is 0 Å². The highest BCUT2D eigenvalue weighted by atomic mass is 32.2. The molecule has 0 amide bonds. The van der Waals surface area contributed by atoms with Gasteiger partial charge in [-0.05, 0) is 43.9 Å². The van der Waals surface area contributed by atoms with Crippen LogP contribution in [0.15, 0.2) is 53.5 Å². The van der Waals surface area contributed by atoms with Gasteiger partial charge in [-0.15, -0.1) is 0 Å². The summed E-state index contributed by atoms with van der Waals surface area (Å²) in [5, 5.41) is 6.52. The van der Waals surface area contributed by atoms with Crippen LogP contribution in [0.5, 0.6) is 5.75 Å². The van der Waals surface area contributed by atoms with Crippen molar-refractivity contribution in [3.8, 4) is 5.75 Å². The average molecular weight is 432 g/mol. The largest absolute Gasteiger partial charge is 0.496 e. The van der Waals surface area contributed by atoms with Crippen molar-refractivity contribution in [1.29, 1.82) is 0 Å². The number of hydrogen-bond donors (Lipinski definition) is 2. The van der Waals surface area contributed by atoms with Gasteiger partial charge < -0.3 is 15.4 Å². The first-order valence-electron chi connectivity index (χ1n) is 10.3. The maximum atomic E-state index is 12.3. The molecule has 0 bridgehead atoms. The molecule has 0 unspecified atom stereocenters. The minimum absolute atomic E-state index is 0.0776. The molecule has 0 saturated carbocycles. The Labute approximate surface area is 180 Å². The highest BCUT2D eigenvalue weighted by molar-refractivity contribution is 7.90. The lowest BCUT2D eigenvalue weighted by molar-refractivity contribution is 0.409. The fraction of sp³-hybridized carbons (Fsp3) is 0.435. The summed E-state index contributed by atoms with van der Waals surface area (Å²) in [7, 11) is -1.45. The smallest absolute Gasteiger partial charge is 0.191 e. The molecule has 0 radical (unpaired) electrons. The van der Waals surface area contributed by atoms with Crippen LogP contribution in [0.25, 0.3) is 0 Å². The van der Waals surface area contributed by atoms with Gasteiger partial charge in [-0.3, -0.25) is 4.99 Å². The molecule has 0 fully saturated rings. The molecule has 0 aliphatic carbocycles. The number of aryl methyl sites for hydroxylation is 1. The Hall–Kier alpha value is -2.54. The fourth-order valence-corrected chi connectivity index (χ4v) is 4.55. The van der Waals surface area contributed by atoms with Crippen molar-refractivity contribution in [2.75, 3.05) is 32.5 Å². The Morgan fingerprint density at radius 3 is 2.57 bits per heavy atom. The van der Waals surface area contributed by atoms with Gasteiger partial charge in [0, 0.05) is 19.6 Å². The van der Waals surface area contributed by atoms with E-state index in [0.717, 1.165) is 29.8 Å². The van der Waals surface area contributed by atoms with Crippen molar-refractivity contribution < 1.29 is 13.2 Å². The molecule has 7 heteroatoms. The monoisotopic (exact) mass is 431 g/mol. The number of hydrogen-bond acceptors (Lipinski definition) is 4. The zero-order valence-corrected chi connectivity index (χ0v) is 19.0. The van der Waals surface area contributed by atoms with E-state index in [0.29, 0.717) is 25.5 Å². The van der Waals surface area contributed by atoms with Crippen molar-refractivity contribution in [1.82, 2.24) is 10.6 Å². The maximum absolute atomic E-state index is 12.3. The van der Waals surface area contributed by atoms with E-state index in [-0.39, 0.29) is 11.5 Å². The second kappa shape index (κ2) is 12.2. The van der Waals surface area contributed by atoms with E-state index in [1.807, 2.05) is 49.4 Å². The van der Waals surface area contributed by atoms with E-state index in [9.17, 15) is 8.42 Å². The first-order chi connectivity index (χ1) is 14.4. The summed E-state index contributed by atoms with van der Waals surface area (Å²) in [6.07, 6.45) is 1.30. The fourth-order valence-electron chi connectivity index (χ4n) is 3.14. The van der Waals surface area contributed by atoms with Crippen LogP contribution in [-0.2, 0) is 22.0 Å². The molecule has 30 heavy (non-hydrogen) atoms. The van der Waals surface area contributed by atoms with E-state index in [1.54, 1.807) is 7.11 Å². The molecule has 0 aliphatic heterocycles. The topological polar surface area (TPSA) is 79.8 Å². The van der Waals surface area contributed by atoms with E-state index in [4.69, 9.17) is 4.74 Å². The Kier molecular flexibility index (Phi) is 9.67. The molecule has 0 heterocycles. The summed E-state index contributed by atoms with van der Waals surface area (Å²) >= 11 is 0. The molecule has 0 spiro atoms. The highest BCUT2D eigenvalue weighted by Gasteiger charge is 2.11. The lowest BCUT2D eigenvalue weighted by Gasteiger charge is -2.13. The van der Waals surface area contributed by atoms with Gasteiger partial charge in [-0.25, -0.2) is 8.42 Å². The number of methoxy groups -OCH3 is 1. The van der Waals surface area contributed by atoms with Crippen molar-refractivity contribution >= 4 is 15.8 Å². The third-order valence-corrected chi connectivity index (χ3v) is 6.26. The minimum Gasteiger partial charge on any atom is -0.496 e. The Morgan fingerprint density at radius 1 is 1.10 bits per heavy atom. The molecule has 0 aliphatic rings. The summed E-state index contributed by atoms with van der Waals surface area (Å²) in [4.78, 5) is 4.51. The van der Waals surface area contributed by atoms with Crippen molar-refractivity contribution in [3.63, 3.8) is 0 Å². The molecule has 2 N–H and O–H groups in total. The zero-order chi connectivity index (χ0) is 21.8. The Bertz CT molecular complexity index is 913. The quantitative estimate of drug-likeness (QED) is 0.325. The summed E-state index contributed by atoms with van der Waals surface area (Å²) in [5.74, 6) is 1.79. The third kappa shape index (κ3) is 8.45. The molecule has 164 valence electrons. The number of benzene rings is 2. The van der Waals surface area contributed by atoms with Gasteiger partial charge in [0.2, 0.25) is 0 Å². The third-order valence-electron chi connectivity index (χ3n) is 4.58. The SMILES string of the molecule is CCNC(=NCCCS(=O)(=O)Cc1ccccc1)NCCc1cc(C)ccc1OC. The number of nitrogens with zero attached hydrogens (tertiary/aromatic N) is 1. The zero-order valence-electron chi connectivity index (χ0n) is 18.1. The lowest BCUT2D eigenvalue weighted by Crippen LogP contribution is -2.38. The number of rotatable bonds is 11. The summed E-state index contributed by atoms with van der Waals surface area (Å²) in [6.45, 7) is 5.97. The van der Waals surface area contributed by atoms with Crippen molar-refractivity contribution in [3.05, 3.63) is 65.2 Å². The molecule has 2 rings (SSSR count). The van der Waals surface area contributed by atoms with Crippen LogP contribution < -0.4 is 15.4 Å². The van der Waals surface area contributed by atoms with Crippen LogP contribution in [0.4, 0.5) is 0 Å². The summed E-state index contributed by atoms with van der Waals surface area (Å²) in [6, 6.07) is 15.4. The van der Waals surface area contributed by atoms with Gasteiger partial charge in [0.25, 0.3) is 0 Å². The lowest BCUT2D eigenvalue weighted by atomic mass is 10.1. The van der Waals surface area contributed by atoms with E-state index in [1.165, 1.54) is 5.56 Å². The number of nitrogens with one attached hydrogen (secondary N) is 2. The molecule has 0 atom stereocenters. The van der Waals surface area contributed by atoms with Crippen LogP contribution in [-0.4, -0.2) is 46.9 Å². The summed E-state index contributed by atoms with van der Waals surface area (Å²) < 4.78 is 30.0. The van der Waals surface area contributed by atoms with Gasteiger partial charge in [0.15, 0.2) is 15.8 Å². The normalized spacial score (nSPS) is 11.9. The molecular formula is C23H33N3O3S. The molecule has 2 aromatic rings. The first kappa shape index (κ1) is 23.7. The van der Waals surface area contributed by atoms with Crippen molar-refractivity contribution in [2.45, 2.75) is 32.4 Å². The maximum Gasteiger partial charge on any atom is 0.191 e. The molecule has 0 aromatic heterocycles. The van der Waals surface area contributed by atoms with Gasteiger partial charge in [-0.1, -0.05) is 48.0 Å². The van der Waals surface area contributed by atoms with E-state index < -0.39 is 9.84 Å². The molecular weight excluding hydrogens is 398 g/mol.